The third-order valence-corrected chi connectivity index (χ3v) is 23.8. The average molecular weight is 1610 g/mol. The summed E-state index contributed by atoms with van der Waals surface area (Å²) in [6, 6.07) is 0. The first-order valence-corrected chi connectivity index (χ1v) is 50.2. The van der Waals surface area contributed by atoms with Gasteiger partial charge in [0.15, 0.2) is 12.2 Å². The van der Waals surface area contributed by atoms with Gasteiger partial charge in [-0.15, -0.1) is 0 Å². The third-order valence-electron chi connectivity index (χ3n) is 21.9. The molecule has 17 nitrogen and oxygen atoms in total. The zero-order valence-electron chi connectivity index (χ0n) is 72.4. The van der Waals surface area contributed by atoms with Gasteiger partial charge in [-0.25, -0.2) is 9.13 Å². The molecule has 0 fully saturated rings. The fourth-order valence-corrected chi connectivity index (χ4v) is 15.9. The summed E-state index contributed by atoms with van der Waals surface area (Å²) in [5.41, 5.74) is 0. The van der Waals surface area contributed by atoms with E-state index in [4.69, 9.17) is 37.0 Å². The van der Waals surface area contributed by atoms with Crippen LogP contribution in [0.4, 0.5) is 0 Å². The molecule has 0 saturated heterocycles. The molecule has 3 unspecified atom stereocenters. The molecule has 0 heterocycles. The number of carbonyl (C=O) groups is 4. The first-order valence-electron chi connectivity index (χ1n) is 47.2. The van der Waals surface area contributed by atoms with Crippen LogP contribution in [0.5, 0.6) is 0 Å². The van der Waals surface area contributed by atoms with E-state index in [1.165, 1.54) is 321 Å². The Morgan fingerprint density at radius 3 is 0.645 bits per heavy atom. The van der Waals surface area contributed by atoms with E-state index >= 15 is 0 Å². The quantitative estimate of drug-likeness (QED) is 0.0222. The van der Waals surface area contributed by atoms with Gasteiger partial charge in [-0.05, 0) is 31.6 Å². The molecule has 19 heteroatoms. The van der Waals surface area contributed by atoms with Crippen molar-refractivity contribution in [1.29, 1.82) is 0 Å². The van der Waals surface area contributed by atoms with Crippen LogP contribution in [-0.2, 0) is 65.4 Å². The molecule has 0 aliphatic carbocycles. The maximum atomic E-state index is 13.2. The van der Waals surface area contributed by atoms with E-state index in [1.807, 2.05) is 0 Å². The molecule has 0 aromatic carbocycles. The van der Waals surface area contributed by atoms with Crippen LogP contribution in [0.2, 0.25) is 0 Å². The Hall–Kier alpha value is -1.94. The number of aliphatic hydroxyl groups excluding tert-OH is 1. The van der Waals surface area contributed by atoms with Gasteiger partial charge in [0, 0.05) is 25.7 Å². The van der Waals surface area contributed by atoms with Crippen molar-refractivity contribution in [3.63, 3.8) is 0 Å². The molecule has 0 saturated carbocycles. The number of hydrogen-bond donors (Lipinski definition) is 3. The zero-order chi connectivity index (χ0) is 80.4. The SMILES string of the molecule is CCCCCCCCCCCCCCCCCCCCCCCC(=O)O[C@H](COC(=O)CCCCCCCCCCCCCCCCCCCCC)COP(=O)(O)OC[C@@H](O)COP(=O)(O)OC[C@@H](COC(=O)CCCCCCCCCCCCCC)OC(=O)CCCCCCCCCCCCCCCCC(C)CC. The number of carbonyl (C=O) groups excluding carboxylic acids is 4. The molecule has 0 aromatic rings. The van der Waals surface area contributed by atoms with Crippen LogP contribution in [0.3, 0.4) is 0 Å². The van der Waals surface area contributed by atoms with Gasteiger partial charge in [0.05, 0.1) is 26.4 Å². The molecule has 0 aliphatic heterocycles. The van der Waals surface area contributed by atoms with Crippen LogP contribution >= 0.6 is 15.6 Å². The minimum Gasteiger partial charge on any atom is -0.462 e. The third kappa shape index (κ3) is 82.6. The van der Waals surface area contributed by atoms with E-state index in [-0.39, 0.29) is 25.7 Å². The highest BCUT2D eigenvalue weighted by molar-refractivity contribution is 7.47. The van der Waals surface area contributed by atoms with Gasteiger partial charge in [0.25, 0.3) is 0 Å². The average Bonchev–Trinajstić information content (AvgIpc) is 0.899. The number of esters is 4. The van der Waals surface area contributed by atoms with Crippen molar-refractivity contribution in [3.05, 3.63) is 0 Å². The van der Waals surface area contributed by atoms with Gasteiger partial charge < -0.3 is 33.8 Å². The second kappa shape index (κ2) is 83.5. The summed E-state index contributed by atoms with van der Waals surface area (Å²) < 4.78 is 69.1. The molecule has 654 valence electrons. The largest absolute Gasteiger partial charge is 0.472 e. The number of hydrogen-bond acceptors (Lipinski definition) is 15. The Kier molecular flexibility index (Phi) is 82.1. The second-order valence-corrected chi connectivity index (χ2v) is 35.8. The highest BCUT2D eigenvalue weighted by atomic mass is 31.2. The maximum Gasteiger partial charge on any atom is 0.472 e. The fraction of sp³-hybridized carbons (Fsp3) is 0.956. The van der Waals surface area contributed by atoms with Crippen molar-refractivity contribution in [3.8, 4) is 0 Å². The summed E-state index contributed by atoms with van der Waals surface area (Å²) in [4.78, 5) is 73.4. The Bertz CT molecular complexity index is 2080. The number of phosphoric ester groups is 2. The van der Waals surface area contributed by atoms with E-state index in [0.717, 1.165) is 95.8 Å². The van der Waals surface area contributed by atoms with Crippen LogP contribution in [0, 0.1) is 5.92 Å². The highest BCUT2D eigenvalue weighted by Crippen LogP contribution is 2.45. The standard InChI is InChI=1S/C91H178O17P2/c1-6-10-13-16-19-22-25-28-30-32-34-35-37-39-41-46-51-56-61-66-71-76-90(95)108-87(81-102-89(94)75-70-65-60-55-50-45-40-38-36-33-31-29-26-23-20-17-14-11-7-2)83-106-110(99,100)104-79-85(92)78-103-109(97,98)105-82-86(80-101-88(93)74-69-64-59-54-49-27-24-21-18-15-12-8-3)107-91(96)77-72-67-62-57-52-47-43-42-44-48-53-58-63-68-73-84(5)9-4/h84-87,92H,6-83H2,1-5H3,(H,97,98)(H,99,100)/t84?,85-,86+,87+/m0/s1. The molecule has 0 aromatic heterocycles. The predicted molar refractivity (Wildman–Crippen MR) is 455 cm³/mol. The molecule has 0 spiro atoms. The Morgan fingerprint density at radius 2 is 0.436 bits per heavy atom. The molecule has 3 N–H and O–H groups in total. The van der Waals surface area contributed by atoms with Crippen LogP contribution in [0.1, 0.15) is 497 Å². The van der Waals surface area contributed by atoms with Gasteiger partial charge in [0.1, 0.15) is 19.3 Å². The smallest absolute Gasteiger partial charge is 0.462 e. The number of unbranched alkanes of at least 4 members (excludes halogenated alkanes) is 62. The van der Waals surface area contributed by atoms with E-state index in [2.05, 4.69) is 34.6 Å². The molecule has 0 amide bonds. The monoisotopic (exact) mass is 1610 g/mol. The van der Waals surface area contributed by atoms with E-state index in [1.54, 1.807) is 0 Å². The Morgan fingerprint density at radius 1 is 0.255 bits per heavy atom. The molecule has 0 aliphatic rings. The predicted octanol–water partition coefficient (Wildman–Crippen LogP) is 28.3. The molecule has 6 atom stereocenters. The van der Waals surface area contributed by atoms with E-state index in [9.17, 15) is 43.2 Å². The van der Waals surface area contributed by atoms with Crippen molar-refractivity contribution < 1.29 is 80.2 Å². The molecule has 0 radical (unpaired) electrons. The zero-order valence-corrected chi connectivity index (χ0v) is 74.2. The molecular weight excluding hydrogens is 1430 g/mol. The lowest BCUT2D eigenvalue weighted by Gasteiger charge is -2.21. The van der Waals surface area contributed by atoms with Crippen LogP contribution in [0.25, 0.3) is 0 Å². The molecular formula is C91H178O17P2. The minimum absolute atomic E-state index is 0.109. The van der Waals surface area contributed by atoms with Crippen molar-refractivity contribution in [1.82, 2.24) is 0 Å². The summed E-state index contributed by atoms with van der Waals surface area (Å²) in [6.07, 6.45) is 79.1. The molecule has 0 bridgehead atoms. The van der Waals surface area contributed by atoms with E-state index in [0.29, 0.717) is 25.7 Å². The second-order valence-electron chi connectivity index (χ2n) is 32.9. The first kappa shape index (κ1) is 108. The van der Waals surface area contributed by atoms with Crippen LogP contribution in [0.15, 0.2) is 0 Å². The minimum atomic E-state index is -4.97. The maximum absolute atomic E-state index is 13.2. The van der Waals surface area contributed by atoms with Crippen molar-refractivity contribution in [2.45, 2.75) is 515 Å². The molecule has 110 heavy (non-hydrogen) atoms. The topological polar surface area (TPSA) is 237 Å². The van der Waals surface area contributed by atoms with Crippen LogP contribution in [-0.4, -0.2) is 96.7 Å². The highest BCUT2D eigenvalue weighted by Gasteiger charge is 2.31. The summed E-state index contributed by atoms with van der Waals surface area (Å²) in [5, 5.41) is 10.7. The van der Waals surface area contributed by atoms with E-state index < -0.39 is 97.5 Å². The lowest BCUT2D eigenvalue weighted by molar-refractivity contribution is -0.161. The summed E-state index contributed by atoms with van der Waals surface area (Å²) in [5.74, 6) is -1.25. The lowest BCUT2D eigenvalue weighted by atomic mass is 9.99. The normalized spacial score (nSPS) is 13.9. The number of phosphoric acid groups is 2. The van der Waals surface area contributed by atoms with Gasteiger partial charge in [0.2, 0.25) is 0 Å². The van der Waals surface area contributed by atoms with Gasteiger partial charge in [-0.3, -0.25) is 37.3 Å². The van der Waals surface area contributed by atoms with Gasteiger partial charge in [-0.1, -0.05) is 446 Å². The number of aliphatic hydroxyl groups is 1. The number of rotatable bonds is 91. The summed E-state index contributed by atoms with van der Waals surface area (Å²) in [7, 11) is -9.94. The Labute approximate surface area is 677 Å². The lowest BCUT2D eigenvalue weighted by Crippen LogP contribution is -2.30. The first-order chi connectivity index (χ1) is 53.6. The summed E-state index contributed by atoms with van der Waals surface area (Å²) >= 11 is 0. The summed E-state index contributed by atoms with van der Waals surface area (Å²) in [6.45, 7) is 7.45. The van der Waals surface area contributed by atoms with Crippen molar-refractivity contribution in [2.24, 2.45) is 5.92 Å². The number of ether oxygens (including phenoxy) is 4. The van der Waals surface area contributed by atoms with Crippen LogP contribution < -0.4 is 0 Å². The Balaban J connectivity index is 5.25. The van der Waals surface area contributed by atoms with Crippen molar-refractivity contribution in [2.75, 3.05) is 39.6 Å². The van der Waals surface area contributed by atoms with Gasteiger partial charge >= 0.3 is 39.5 Å². The fourth-order valence-electron chi connectivity index (χ4n) is 14.3. The van der Waals surface area contributed by atoms with Crippen molar-refractivity contribution >= 4 is 39.5 Å². The molecule has 0 rings (SSSR count). The van der Waals surface area contributed by atoms with Gasteiger partial charge in [-0.2, -0.15) is 0 Å².